The summed E-state index contributed by atoms with van der Waals surface area (Å²) < 4.78 is 26.7. The van der Waals surface area contributed by atoms with Crippen molar-refractivity contribution in [1.29, 1.82) is 0 Å². The number of rotatable bonds is 5. The number of nitrogens with zero attached hydrogens (tertiary/aromatic N) is 2. The smallest absolute Gasteiger partial charge is 0.263 e. The molecule has 0 saturated carbocycles. The first kappa shape index (κ1) is 21.0. The fraction of sp³-hybridized carbons (Fsp3) is 0.318. The van der Waals surface area contributed by atoms with Crippen LogP contribution >= 0.6 is 0 Å². The minimum atomic E-state index is -3.57. The van der Waals surface area contributed by atoms with Crippen LogP contribution in [0.15, 0.2) is 64.5 Å². The van der Waals surface area contributed by atoms with Crippen LogP contribution in [0.2, 0.25) is 0 Å². The number of sulfonamides is 1. The van der Waals surface area contributed by atoms with Gasteiger partial charge in [0.1, 0.15) is 5.84 Å². The maximum Gasteiger partial charge on any atom is 0.263 e. The van der Waals surface area contributed by atoms with E-state index in [2.05, 4.69) is 15.0 Å². The minimum absolute atomic E-state index is 0.0219. The van der Waals surface area contributed by atoms with E-state index in [9.17, 15) is 18.0 Å². The third-order valence-electron chi connectivity index (χ3n) is 5.48. The van der Waals surface area contributed by atoms with E-state index in [1.54, 1.807) is 35.2 Å². The van der Waals surface area contributed by atoms with Crippen molar-refractivity contribution in [3.05, 3.63) is 65.7 Å². The third-order valence-corrected chi connectivity index (χ3v) is 6.87. The molecule has 0 radical (unpaired) electrons. The number of carbonyl (C=O) groups is 2. The maximum atomic E-state index is 12.5. The van der Waals surface area contributed by atoms with Crippen LogP contribution in [-0.2, 0) is 14.8 Å². The summed E-state index contributed by atoms with van der Waals surface area (Å²) in [6.07, 6.45) is 1.60. The lowest BCUT2D eigenvalue weighted by molar-refractivity contribution is -0.132. The molecule has 2 aliphatic rings. The lowest BCUT2D eigenvalue weighted by atomic mass is 10.0. The first-order valence-corrected chi connectivity index (χ1v) is 11.7. The van der Waals surface area contributed by atoms with Gasteiger partial charge in [-0.1, -0.05) is 30.3 Å². The summed E-state index contributed by atoms with van der Waals surface area (Å²) in [7, 11) is -3.57. The van der Waals surface area contributed by atoms with Crippen molar-refractivity contribution in [3.8, 4) is 0 Å². The van der Waals surface area contributed by atoms with Gasteiger partial charge in [-0.2, -0.15) is 0 Å². The number of fused-ring (bicyclic) bond motifs is 1. The van der Waals surface area contributed by atoms with E-state index in [1.165, 1.54) is 6.07 Å². The van der Waals surface area contributed by atoms with Crippen molar-refractivity contribution in [2.75, 3.05) is 19.6 Å². The standard InChI is InChI=1S/C22H24N4O4S/c27-20(10-13-23-21-18-8-4-5-9-19(18)31(29,30)25-21)26-14-11-17(12-15-26)24-22(28)16-6-2-1-3-7-16/h1-9,17H,10-15H2,(H,23,25)(H,24,28). The zero-order valence-electron chi connectivity index (χ0n) is 17.0. The van der Waals surface area contributed by atoms with Crippen LogP contribution < -0.4 is 10.0 Å². The van der Waals surface area contributed by atoms with E-state index in [1.807, 2.05) is 18.2 Å². The summed E-state index contributed by atoms with van der Waals surface area (Å²) in [5, 5.41) is 3.03. The van der Waals surface area contributed by atoms with Crippen LogP contribution in [0.3, 0.4) is 0 Å². The Bertz CT molecular complexity index is 1110. The van der Waals surface area contributed by atoms with Crippen molar-refractivity contribution in [2.24, 2.45) is 4.99 Å². The summed E-state index contributed by atoms with van der Waals surface area (Å²) in [4.78, 5) is 31.1. The highest BCUT2D eigenvalue weighted by Crippen LogP contribution is 2.22. The van der Waals surface area contributed by atoms with Gasteiger partial charge in [0.05, 0.1) is 11.4 Å². The van der Waals surface area contributed by atoms with Crippen molar-refractivity contribution >= 4 is 27.7 Å². The second-order valence-electron chi connectivity index (χ2n) is 7.58. The van der Waals surface area contributed by atoms with Gasteiger partial charge in [-0.3, -0.25) is 19.3 Å². The van der Waals surface area contributed by atoms with E-state index in [0.717, 1.165) is 0 Å². The zero-order chi connectivity index (χ0) is 21.8. The molecule has 0 unspecified atom stereocenters. The van der Waals surface area contributed by atoms with Crippen molar-refractivity contribution in [1.82, 2.24) is 14.9 Å². The number of piperidine rings is 1. The van der Waals surface area contributed by atoms with Gasteiger partial charge in [0.25, 0.3) is 15.9 Å². The number of hydrogen-bond donors (Lipinski definition) is 2. The Balaban J connectivity index is 1.26. The van der Waals surface area contributed by atoms with Crippen LogP contribution in [0.4, 0.5) is 0 Å². The van der Waals surface area contributed by atoms with Gasteiger partial charge in [-0.25, -0.2) is 8.42 Å². The van der Waals surface area contributed by atoms with Crippen molar-refractivity contribution < 1.29 is 18.0 Å². The van der Waals surface area contributed by atoms with Gasteiger partial charge >= 0.3 is 0 Å². The predicted octanol–water partition coefficient (Wildman–Crippen LogP) is 1.54. The van der Waals surface area contributed by atoms with Gasteiger partial charge < -0.3 is 10.2 Å². The SMILES string of the molecule is O=C(NC1CCN(C(=O)CCN=C2NS(=O)(=O)c3ccccc32)CC1)c1ccccc1. The molecule has 2 aliphatic heterocycles. The molecule has 1 saturated heterocycles. The topological polar surface area (TPSA) is 108 Å². The Hall–Kier alpha value is -3.20. The third kappa shape index (κ3) is 4.77. The minimum Gasteiger partial charge on any atom is -0.349 e. The normalized spacial score (nSPS) is 19.0. The van der Waals surface area contributed by atoms with Crippen LogP contribution in [0, 0.1) is 0 Å². The van der Waals surface area contributed by atoms with Crippen LogP contribution in [0.1, 0.15) is 35.2 Å². The van der Waals surface area contributed by atoms with Gasteiger partial charge in [0.2, 0.25) is 5.91 Å². The Morgan fingerprint density at radius 2 is 1.71 bits per heavy atom. The molecule has 0 aromatic heterocycles. The molecule has 31 heavy (non-hydrogen) atoms. The highest BCUT2D eigenvalue weighted by atomic mass is 32.2. The molecule has 2 aromatic carbocycles. The second-order valence-corrected chi connectivity index (χ2v) is 9.23. The molecular formula is C22H24N4O4S. The summed E-state index contributed by atoms with van der Waals surface area (Å²) in [6.45, 7) is 1.35. The van der Waals surface area contributed by atoms with Crippen LogP contribution in [-0.4, -0.2) is 56.6 Å². The van der Waals surface area contributed by atoms with E-state index < -0.39 is 10.0 Å². The fourth-order valence-electron chi connectivity index (χ4n) is 3.80. The highest BCUT2D eigenvalue weighted by molar-refractivity contribution is 7.90. The molecule has 0 aliphatic carbocycles. The lowest BCUT2D eigenvalue weighted by Crippen LogP contribution is -2.46. The van der Waals surface area contributed by atoms with Crippen molar-refractivity contribution in [2.45, 2.75) is 30.2 Å². The number of carbonyl (C=O) groups excluding carboxylic acids is 2. The number of hydrogen-bond acceptors (Lipinski definition) is 5. The number of amidine groups is 1. The number of amides is 2. The molecule has 0 bridgehead atoms. The summed E-state index contributed by atoms with van der Waals surface area (Å²) in [5.74, 6) is 0.164. The van der Waals surface area contributed by atoms with Gasteiger partial charge in [-0.15, -0.1) is 0 Å². The lowest BCUT2D eigenvalue weighted by Gasteiger charge is -2.32. The Labute approximate surface area is 181 Å². The average Bonchev–Trinajstić information content (AvgIpc) is 3.05. The number of nitrogens with one attached hydrogen (secondary N) is 2. The molecule has 1 fully saturated rings. The number of benzene rings is 2. The van der Waals surface area contributed by atoms with Gasteiger partial charge in [-0.05, 0) is 37.1 Å². The zero-order valence-corrected chi connectivity index (χ0v) is 17.8. The average molecular weight is 441 g/mol. The summed E-state index contributed by atoms with van der Waals surface area (Å²) >= 11 is 0. The molecule has 8 nitrogen and oxygen atoms in total. The van der Waals surface area contributed by atoms with E-state index >= 15 is 0 Å². The molecule has 0 atom stereocenters. The molecule has 2 aromatic rings. The largest absolute Gasteiger partial charge is 0.349 e. The molecule has 162 valence electrons. The first-order valence-electron chi connectivity index (χ1n) is 10.2. The van der Waals surface area contributed by atoms with Gasteiger partial charge in [0, 0.05) is 36.7 Å². The van der Waals surface area contributed by atoms with Crippen molar-refractivity contribution in [3.63, 3.8) is 0 Å². The molecule has 2 heterocycles. The highest BCUT2D eigenvalue weighted by Gasteiger charge is 2.30. The summed E-state index contributed by atoms with van der Waals surface area (Å²) in [6, 6.07) is 15.8. The molecule has 2 N–H and O–H groups in total. The molecule has 9 heteroatoms. The van der Waals surface area contributed by atoms with E-state index in [4.69, 9.17) is 0 Å². The Morgan fingerprint density at radius 1 is 1.03 bits per heavy atom. The maximum absolute atomic E-state index is 12.5. The monoisotopic (exact) mass is 440 g/mol. The second kappa shape index (κ2) is 8.89. The first-order chi connectivity index (χ1) is 14.9. The van der Waals surface area contributed by atoms with E-state index in [0.29, 0.717) is 37.1 Å². The molecule has 4 rings (SSSR count). The van der Waals surface area contributed by atoms with E-state index in [-0.39, 0.29) is 41.6 Å². The quantitative estimate of drug-likeness (QED) is 0.735. The Kier molecular flexibility index (Phi) is 6.03. The molecular weight excluding hydrogens is 416 g/mol. The fourth-order valence-corrected chi connectivity index (χ4v) is 5.06. The number of aliphatic imine (C=N–C) groups is 1. The van der Waals surface area contributed by atoms with Crippen LogP contribution in [0.5, 0.6) is 0 Å². The summed E-state index contributed by atoms with van der Waals surface area (Å²) in [5.41, 5.74) is 1.16. The van der Waals surface area contributed by atoms with Crippen LogP contribution in [0.25, 0.3) is 0 Å². The van der Waals surface area contributed by atoms with Gasteiger partial charge in [0.15, 0.2) is 0 Å². The molecule has 2 amide bonds. The Morgan fingerprint density at radius 3 is 2.45 bits per heavy atom. The number of likely N-dealkylation sites (tertiary alicyclic amines) is 1. The molecule has 0 spiro atoms. The predicted molar refractivity (Wildman–Crippen MR) is 116 cm³/mol.